The normalized spacial score (nSPS) is 13.4. The molecule has 0 aliphatic heterocycles. The number of phenolic OH excluding ortho intramolecular Hbond substituents is 1. The summed E-state index contributed by atoms with van der Waals surface area (Å²) in [5.41, 5.74) is 2.95. The Kier molecular flexibility index (Phi) is 4.66. The van der Waals surface area contributed by atoms with Crippen LogP contribution < -0.4 is 0 Å². The van der Waals surface area contributed by atoms with Gasteiger partial charge in [0.05, 0.1) is 10.0 Å². The maximum Gasteiger partial charge on any atom is 0.140 e. The SMILES string of the molecule is Cc1c([C@@](C=O)(c2ccc(O)cc2)c2ccc(Cl)c(Cl)c2)[nH]c2ccccc12. The average molecular weight is 410 g/mol. The van der Waals surface area contributed by atoms with Crippen molar-refractivity contribution in [3.05, 3.63) is 99.2 Å². The van der Waals surface area contributed by atoms with Gasteiger partial charge in [0.25, 0.3) is 0 Å². The van der Waals surface area contributed by atoms with Gasteiger partial charge in [-0.3, -0.25) is 0 Å². The van der Waals surface area contributed by atoms with E-state index in [1.54, 1.807) is 42.5 Å². The molecule has 0 aliphatic rings. The van der Waals surface area contributed by atoms with Gasteiger partial charge in [-0.1, -0.05) is 59.6 Å². The minimum absolute atomic E-state index is 0.131. The highest BCUT2D eigenvalue weighted by Gasteiger charge is 2.39. The van der Waals surface area contributed by atoms with Crippen LogP contribution in [0.15, 0.2) is 66.7 Å². The van der Waals surface area contributed by atoms with Crippen molar-refractivity contribution in [3.8, 4) is 5.75 Å². The number of benzene rings is 3. The molecule has 2 N–H and O–H groups in total. The van der Waals surface area contributed by atoms with Crippen LogP contribution in [0.1, 0.15) is 22.4 Å². The predicted octanol–water partition coefficient (Wildman–Crippen LogP) is 6.02. The summed E-state index contributed by atoms with van der Waals surface area (Å²) in [6, 6.07) is 19.8. The van der Waals surface area contributed by atoms with Crippen molar-refractivity contribution in [3.63, 3.8) is 0 Å². The van der Waals surface area contributed by atoms with Crippen LogP contribution in [0.2, 0.25) is 10.0 Å². The van der Waals surface area contributed by atoms with E-state index in [-0.39, 0.29) is 5.75 Å². The number of hydrogen-bond acceptors (Lipinski definition) is 2. The van der Waals surface area contributed by atoms with Crippen molar-refractivity contribution in [1.82, 2.24) is 4.98 Å². The first-order valence-corrected chi connectivity index (χ1v) is 9.52. The molecule has 0 spiro atoms. The first kappa shape index (κ1) is 18.6. The van der Waals surface area contributed by atoms with Crippen LogP contribution in [0.5, 0.6) is 5.75 Å². The second kappa shape index (κ2) is 7.01. The van der Waals surface area contributed by atoms with E-state index < -0.39 is 5.41 Å². The number of H-pyrrole nitrogens is 1. The van der Waals surface area contributed by atoms with Crippen molar-refractivity contribution < 1.29 is 9.90 Å². The molecule has 28 heavy (non-hydrogen) atoms. The molecule has 1 aromatic heterocycles. The Morgan fingerprint density at radius 2 is 1.61 bits per heavy atom. The molecule has 0 saturated heterocycles. The molecule has 0 aliphatic carbocycles. The predicted molar refractivity (Wildman–Crippen MR) is 114 cm³/mol. The largest absolute Gasteiger partial charge is 0.508 e. The molecule has 5 heteroatoms. The number of carbonyl (C=O) groups is 1. The number of aryl methyl sites for hydroxylation is 1. The molecule has 0 bridgehead atoms. The van der Waals surface area contributed by atoms with Gasteiger partial charge in [-0.25, -0.2) is 0 Å². The summed E-state index contributed by atoms with van der Waals surface area (Å²) < 4.78 is 0. The van der Waals surface area contributed by atoms with E-state index in [4.69, 9.17) is 23.2 Å². The van der Waals surface area contributed by atoms with E-state index in [0.29, 0.717) is 21.2 Å². The Bertz CT molecular complexity index is 1180. The van der Waals surface area contributed by atoms with E-state index in [1.165, 1.54) is 0 Å². The topological polar surface area (TPSA) is 53.1 Å². The summed E-state index contributed by atoms with van der Waals surface area (Å²) in [5, 5.41) is 11.6. The Hall–Kier alpha value is -2.75. The smallest absolute Gasteiger partial charge is 0.140 e. The number of nitrogens with one attached hydrogen (secondary N) is 1. The fraction of sp³-hybridized carbons (Fsp3) is 0.0870. The third-order valence-corrected chi connectivity index (χ3v) is 5.97. The molecular formula is C23H17Cl2NO2. The van der Waals surface area contributed by atoms with E-state index in [2.05, 4.69) is 4.98 Å². The minimum atomic E-state index is -1.13. The van der Waals surface area contributed by atoms with Gasteiger partial charge in [0, 0.05) is 16.6 Å². The number of halogens is 2. The lowest BCUT2D eigenvalue weighted by atomic mass is 9.72. The van der Waals surface area contributed by atoms with Gasteiger partial charge in [0.1, 0.15) is 17.5 Å². The van der Waals surface area contributed by atoms with Gasteiger partial charge < -0.3 is 14.9 Å². The van der Waals surface area contributed by atoms with Crippen LogP contribution in [0.3, 0.4) is 0 Å². The number of aromatic nitrogens is 1. The van der Waals surface area contributed by atoms with Crippen LogP contribution in [-0.4, -0.2) is 16.4 Å². The molecule has 0 fully saturated rings. The maximum atomic E-state index is 12.8. The van der Waals surface area contributed by atoms with E-state index in [9.17, 15) is 9.90 Å². The second-order valence-corrected chi connectivity index (χ2v) is 7.59. The Morgan fingerprint density at radius 3 is 2.25 bits per heavy atom. The van der Waals surface area contributed by atoms with Gasteiger partial charge in [0.2, 0.25) is 0 Å². The average Bonchev–Trinajstić information content (AvgIpc) is 3.04. The van der Waals surface area contributed by atoms with Crippen molar-refractivity contribution in [2.75, 3.05) is 0 Å². The lowest BCUT2D eigenvalue weighted by Crippen LogP contribution is -2.32. The highest BCUT2D eigenvalue weighted by molar-refractivity contribution is 6.42. The number of aldehydes is 1. The first-order valence-electron chi connectivity index (χ1n) is 8.76. The fourth-order valence-corrected chi connectivity index (χ4v) is 4.09. The fourth-order valence-electron chi connectivity index (χ4n) is 3.79. The number of aromatic amines is 1. The van der Waals surface area contributed by atoms with Gasteiger partial charge in [0.15, 0.2) is 0 Å². The molecule has 0 saturated carbocycles. The quantitative estimate of drug-likeness (QED) is 0.404. The zero-order chi connectivity index (χ0) is 19.9. The molecule has 4 aromatic rings. The number of aromatic hydroxyl groups is 1. The standard InChI is InChI=1S/C23H17Cl2NO2/c1-14-18-4-2-3-5-21(18)26-22(14)23(13-27,15-6-9-17(28)10-7-15)16-8-11-19(24)20(25)12-16/h2-13,26,28H,1H3/t23-/m0/s1. The van der Waals surface area contributed by atoms with Crippen LogP contribution in [0.4, 0.5) is 0 Å². The molecule has 3 aromatic carbocycles. The summed E-state index contributed by atoms with van der Waals surface area (Å²) in [4.78, 5) is 16.2. The third-order valence-electron chi connectivity index (χ3n) is 5.23. The molecule has 1 atom stereocenters. The van der Waals surface area contributed by atoms with E-state index in [0.717, 1.165) is 28.4 Å². The number of phenols is 1. The Balaban J connectivity index is 2.10. The monoisotopic (exact) mass is 409 g/mol. The number of carbonyl (C=O) groups excluding carboxylic acids is 1. The Morgan fingerprint density at radius 1 is 0.929 bits per heavy atom. The maximum absolute atomic E-state index is 12.8. The number of fused-ring (bicyclic) bond motifs is 1. The third kappa shape index (κ3) is 2.79. The summed E-state index contributed by atoms with van der Waals surface area (Å²) >= 11 is 12.4. The van der Waals surface area contributed by atoms with Crippen molar-refractivity contribution >= 4 is 40.4 Å². The molecule has 3 nitrogen and oxygen atoms in total. The zero-order valence-corrected chi connectivity index (χ0v) is 16.6. The molecule has 0 radical (unpaired) electrons. The molecule has 0 amide bonds. The van der Waals surface area contributed by atoms with E-state index in [1.807, 2.05) is 31.2 Å². The van der Waals surface area contributed by atoms with Crippen molar-refractivity contribution in [2.45, 2.75) is 12.3 Å². The second-order valence-electron chi connectivity index (χ2n) is 6.77. The number of hydrogen-bond donors (Lipinski definition) is 2. The molecule has 1 heterocycles. The van der Waals surface area contributed by atoms with Gasteiger partial charge >= 0.3 is 0 Å². The zero-order valence-electron chi connectivity index (χ0n) is 15.0. The van der Waals surface area contributed by atoms with Crippen LogP contribution in [0.25, 0.3) is 10.9 Å². The van der Waals surface area contributed by atoms with Crippen LogP contribution >= 0.6 is 23.2 Å². The highest BCUT2D eigenvalue weighted by atomic mass is 35.5. The summed E-state index contributed by atoms with van der Waals surface area (Å²) in [7, 11) is 0. The highest BCUT2D eigenvalue weighted by Crippen LogP contribution is 2.42. The molecule has 140 valence electrons. The number of rotatable bonds is 4. The first-order chi connectivity index (χ1) is 13.5. The number of para-hydroxylation sites is 1. The van der Waals surface area contributed by atoms with Gasteiger partial charge in [-0.2, -0.15) is 0 Å². The van der Waals surface area contributed by atoms with Gasteiger partial charge in [-0.15, -0.1) is 0 Å². The van der Waals surface area contributed by atoms with E-state index >= 15 is 0 Å². The minimum Gasteiger partial charge on any atom is -0.508 e. The summed E-state index contributed by atoms with van der Waals surface area (Å²) in [6.45, 7) is 1.99. The molecular weight excluding hydrogens is 393 g/mol. The van der Waals surface area contributed by atoms with Crippen LogP contribution in [-0.2, 0) is 10.2 Å². The Labute approximate surface area is 172 Å². The summed E-state index contributed by atoms with van der Waals surface area (Å²) in [5.74, 6) is 0.131. The molecule has 0 unspecified atom stereocenters. The molecule has 4 rings (SSSR count). The summed E-state index contributed by atoms with van der Waals surface area (Å²) in [6.07, 6.45) is 0.913. The van der Waals surface area contributed by atoms with Crippen molar-refractivity contribution in [2.24, 2.45) is 0 Å². The lowest BCUT2D eigenvalue weighted by molar-refractivity contribution is -0.110. The van der Waals surface area contributed by atoms with Crippen LogP contribution in [0, 0.1) is 6.92 Å². The van der Waals surface area contributed by atoms with Crippen molar-refractivity contribution in [1.29, 1.82) is 0 Å². The van der Waals surface area contributed by atoms with Gasteiger partial charge in [-0.05, 0) is 53.9 Å². The lowest BCUT2D eigenvalue weighted by Gasteiger charge is -2.30.